The first-order valence-electron chi connectivity index (χ1n) is 8.43. The van der Waals surface area contributed by atoms with Gasteiger partial charge in [0.1, 0.15) is 5.60 Å². The van der Waals surface area contributed by atoms with Gasteiger partial charge in [-0.25, -0.2) is 4.79 Å². The third-order valence-corrected chi connectivity index (χ3v) is 4.00. The van der Waals surface area contributed by atoms with Crippen molar-refractivity contribution in [1.29, 1.82) is 0 Å². The number of aromatic nitrogens is 2. The molecule has 0 unspecified atom stereocenters. The Bertz CT molecular complexity index is 521. The van der Waals surface area contributed by atoms with E-state index in [0.29, 0.717) is 5.92 Å². The summed E-state index contributed by atoms with van der Waals surface area (Å²) in [6.07, 6.45) is 5.89. The van der Waals surface area contributed by atoms with Crippen LogP contribution >= 0.6 is 0 Å². The summed E-state index contributed by atoms with van der Waals surface area (Å²) in [4.78, 5) is 14.6. The van der Waals surface area contributed by atoms with Crippen LogP contribution in [0.4, 0.5) is 4.79 Å². The van der Waals surface area contributed by atoms with Crippen LogP contribution in [0.3, 0.4) is 0 Å². The third-order valence-electron chi connectivity index (χ3n) is 4.00. The van der Waals surface area contributed by atoms with Crippen molar-refractivity contribution in [3.63, 3.8) is 0 Å². The van der Waals surface area contributed by atoms with Gasteiger partial charge in [-0.3, -0.25) is 4.68 Å². The zero-order chi connectivity index (χ0) is 17.0. The Morgan fingerprint density at radius 1 is 1.52 bits per heavy atom. The Hall–Kier alpha value is -1.56. The summed E-state index contributed by atoms with van der Waals surface area (Å²) in [5.41, 5.74) is 0.514. The average Bonchev–Trinajstić information content (AvgIpc) is 2.82. The number of aryl methyl sites for hydroxylation is 1. The molecule has 1 aromatic heterocycles. The van der Waals surface area contributed by atoms with E-state index in [4.69, 9.17) is 4.74 Å². The van der Waals surface area contributed by atoms with Crippen LogP contribution in [0.5, 0.6) is 0 Å². The lowest BCUT2D eigenvalue weighted by Gasteiger charge is -2.33. The fraction of sp³-hybridized carbons (Fsp3) is 0.765. The van der Waals surface area contributed by atoms with Crippen molar-refractivity contribution in [2.45, 2.75) is 52.2 Å². The van der Waals surface area contributed by atoms with Gasteiger partial charge in [-0.1, -0.05) is 6.92 Å². The van der Waals surface area contributed by atoms with E-state index in [1.807, 2.05) is 40.2 Å². The minimum Gasteiger partial charge on any atom is -0.444 e. The second-order valence-corrected chi connectivity index (χ2v) is 7.65. The van der Waals surface area contributed by atoms with Gasteiger partial charge in [0.2, 0.25) is 0 Å². The number of hydrogen-bond acceptors (Lipinski definition) is 4. The van der Waals surface area contributed by atoms with Gasteiger partial charge in [-0.2, -0.15) is 5.10 Å². The first kappa shape index (κ1) is 17.8. The molecule has 1 saturated heterocycles. The smallest absolute Gasteiger partial charge is 0.408 e. The zero-order valence-corrected chi connectivity index (χ0v) is 15.0. The molecule has 0 saturated carbocycles. The van der Waals surface area contributed by atoms with E-state index in [0.717, 1.165) is 25.2 Å². The van der Waals surface area contributed by atoms with Crippen LogP contribution in [-0.2, 0) is 11.8 Å². The van der Waals surface area contributed by atoms with Gasteiger partial charge in [0.05, 0.1) is 12.2 Å². The fourth-order valence-electron chi connectivity index (χ4n) is 3.02. The number of carbonyl (C=O) groups is 1. The van der Waals surface area contributed by atoms with Crippen molar-refractivity contribution < 1.29 is 9.53 Å². The quantitative estimate of drug-likeness (QED) is 0.926. The Morgan fingerprint density at radius 3 is 2.83 bits per heavy atom. The summed E-state index contributed by atoms with van der Waals surface area (Å²) in [6.45, 7) is 10.8. The zero-order valence-electron chi connectivity index (χ0n) is 15.0. The second-order valence-electron chi connectivity index (χ2n) is 7.65. The summed E-state index contributed by atoms with van der Waals surface area (Å²) >= 11 is 0. The topological polar surface area (TPSA) is 59.4 Å². The largest absolute Gasteiger partial charge is 0.444 e. The molecule has 0 aliphatic carbocycles. The molecule has 0 aromatic carbocycles. The second kappa shape index (κ2) is 7.34. The Labute approximate surface area is 139 Å². The lowest BCUT2D eigenvalue weighted by molar-refractivity contribution is 0.0483. The van der Waals surface area contributed by atoms with Gasteiger partial charge in [0, 0.05) is 31.9 Å². The maximum atomic E-state index is 12.2. The van der Waals surface area contributed by atoms with Crippen LogP contribution in [0.15, 0.2) is 12.4 Å². The minimum absolute atomic E-state index is 0.108. The summed E-state index contributed by atoms with van der Waals surface area (Å²) in [6, 6.07) is -0.108. The highest BCUT2D eigenvalue weighted by atomic mass is 16.6. The molecular formula is C17H30N4O2. The molecule has 2 atom stereocenters. The van der Waals surface area contributed by atoms with Gasteiger partial charge in [0.15, 0.2) is 0 Å². The molecule has 0 spiro atoms. The summed E-state index contributed by atoms with van der Waals surface area (Å²) < 4.78 is 7.17. The van der Waals surface area contributed by atoms with E-state index in [1.54, 1.807) is 4.68 Å². The van der Waals surface area contributed by atoms with Crippen molar-refractivity contribution in [3.8, 4) is 0 Å². The highest BCUT2D eigenvalue weighted by Crippen LogP contribution is 2.20. The predicted octanol–water partition coefficient (Wildman–Crippen LogP) is 2.72. The molecule has 130 valence electrons. The minimum atomic E-state index is -0.497. The molecule has 6 nitrogen and oxygen atoms in total. The van der Waals surface area contributed by atoms with Crippen LogP contribution in [-0.4, -0.2) is 46.0 Å². The third kappa shape index (κ3) is 5.86. The highest BCUT2D eigenvalue weighted by Gasteiger charge is 2.25. The van der Waals surface area contributed by atoms with Gasteiger partial charge in [-0.05, 0) is 46.1 Å². The van der Waals surface area contributed by atoms with Crippen LogP contribution < -0.4 is 5.32 Å². The first-order chi connectivity index (χ1) is 10.7. The van der Waals surface area contributed by atoms with Gasteiger partial charge in [0.25, 0.3) is 0 Å². The lowest BCUT2D eigenvalue weighted by atomic mass is 9.99. The lowest BCUT2D eigenvalue weighted by Crippen LogP contribution is -2.43. The number of piperidine rings is 1. The molecule has 2 heterocycles. The number of nitrogens with one attached hydrogen (secondary N) is 1. The van der Waals surface area contributed by atoms with Crippen LogP contribution in [0.25, 0.3) is 0 Å². The number of ether oxygens (including phenoxy) is 1. The highest BCUT2D eigenvalue weighted by molar-refractivity contribution is 5.68. The van der Waals surface area contributed by atoms with Crippen molar-refractivity contribution in [3.05, 3.63) is 18.0 Å². The Balaban J connectivity index is 2.04. The fourth-order valence-corrected chi connectivity index (χ4v) is 3.02. The maximum absolute atomic E-state index is 12.2. The van der Waals surface area contributed by atoms with Crippen LogP contribution in [0.2, 0.25) is 0 Å². The molecule has 1 fully saturated rings. The van der Waals surface area contributed by atoms with Crippen molar-refractivity contribution >= 4 is 6.09 Å². The number of hydrogen-bond donors (Lipinski definition) is 1. The summed E-state index contributed by atoms with van der Waals surface area (Å²) in [5.74, 6) is 0.708. The molecule has 2 rings (SSSR count). The van der Waals surface area contributed by atoms with Crippen molar-refractivity contribution in [2.24, 2.45) is 13.0 Å². The van der Waals surface area contributed by atoms with E-state index in [2.05, 4.69) is 22.2 Å². The first-order valence-corrected chi connectivity index (χ1v) is 8.43. The van der Waals surface area contributed by atoms with Gasteiger partial charge in [-0.15, -0.1) is 0 Å². The standard InChI is InChI=1S/C17H30N4O2/c1-13-7-6-8-21(10-13)12-15(14-9-18-20(5)11-14)19-16(22)23-17(2,3)4/h9,11,13,15H,6-8,10,12H2,1-5H3,(H,19,22)/t13-,15-/m0/s1. The normalized spacial score (nSPS) is 21.0. The molecular weight excluding hydrogens is 292 g/mol. The van der Waals surface area contributed by atoms with E-state index in [-0.39, 0.29) is 12.1 Å². The van der Waals surface area contributed by atoms with Crippen molar-refractivity contribution in [2.75, 3.05) is 19.6 Å². The predicted molar refractivity (Wildman–Crippen MR) is 90.2 cm³/mol. The van der Waals surface area contributed by atoms with Gasteiger partial charge < -0.3 is 15.0 Å². The Kier molecular flexibility index (Phi) is 5.68. The molecule has 23 heavy (non-hydrogen) atoms. The summed E-state index contributed by atoms with van der Waals surface area (Å²) in [7, 11) is 1.89. The number of carbonyl (C=O) groups excluding carboxylic acids is 1. The van der Waals surface area contributed by atoms with E-state index in [1.165, 1.54) is 12.8 Å². The molecule has 1 aliphatic rings. The van der Waals surface area contributed by atoms with Crippen molar-refractivity contribution in [1.82, 2.24) is 20.0 Å². The molecule has 6 heteroatoms. The average molecular weight is 322 g/mol. The number of alkyl carbamates (subject to hydrolysis) is 1. The SMILES string of the molecule is C[C@H]1CCCN(C[C@H](NC(=O)OC(C)(C)C)c2cnn(C)c2)C1. The maximum Gasteiger partial charge on any atom is 0.408 e. The molecule has 0 bridgehead atoms. The van der Waals surface area contributed by atoms with E-state index < -0.39 is 5.60 Å². The van der Waals surface area contributed by atoms with Crippen LogP contribution in [0, 0.1) is 5.92 Å². The molecule has 1 aromatic rings. The molecule has 1 amide bonds. The number of nitrogens with zero attached hydrogens (tertiary/aromatic N) is 3. The summed E-state index contributed by atoms with van der Waals surface area (Å²) in [5, 5.41) is 7.24. The molecule has 1 N–H and O–H groups in total. The Morgan fingerprint density at radius 2 is 2.26 bits per heavy atom. The monoisotopic (exact) mass is 322 g/mol. The van der Waals surface area contributed by atoms with E-state index in [9.17, 15) is 4.79 Å². The number of rotatable bonds is 4. The van der Waals surface area contributed by atoms with Gasteiger partial charge >= 0.3 is 6.09 Å². The molecule has 0 radical (unpaired) electrons. The van der Waals surface area contributed by atoms with E-state index >= 15 is 0 Å². The van der Waals surface area contributed by atoms with Crippen LogP contribution in [0.1, 0.15) is 52.1 Å². The molecule has 1 aliphatic heterocycles. The number of amides is 1. The number of likely N-dealkylation sites (tertiary alicyclic amines) is 1.